The van der Waals surface area contributed by atoms with Crippen molar-refractivity contribution in [3.8, 4) is 22.5 Å². The number of benzene rings is 5. The summed E-state index contributed by atoms with van der Waals surface area (Å²) in [5.74, 6) is 0.589. The van der Waals surface area contributed by atoms with Crippen molar-refractivity contribution in [3.05, 3.63) is 173 Å². The Balaban J connectivity index is 0.000000179. The summed E-state index contributed by atoms with van der Waals surface area (Å²) in [6, 6.07) is 37.0. The molecule has 2 aromatic heterocycles. The number of likely N-dealkylation sites (tertiary alicyclic amines) is 2. The van der Waals surface area contributed by atoms with Gasteiger partial charge in [-0.1, -0.05) is 79.7 Å². The maximum Gasteiger partial charge on any atom is 0.335 e. The van der Waals surface area contributed by atoms with Gasteiger partial charge in [-0.25, -0.2) is 41.6 Å². The van der Waals surface area contributed by atoms with Crippen molar-refractivity contribution >= 4 is 49.3 Å². The molecule has 7 aromatic rings. The Morgan fingerprint density at radius 3 is 1.49 bits per heavy atom. The van der Waals surface area contributed by atoms with Crippen molar-refractivity contribution in [2.45, 2.75) is 81.4 Å². The Morgan fingerprint density at radius 2 is 1.04 bits per heavy atom. The molecule has 18 heteroatoms. The highest BCUT2D eigenvalue weighted by Crippen LogP contribution is 2.44. The van der Waals surface area contributed by atoms with Crippen molar-refractivity contribution in [2.75, 3.05) is 78.2 Å². The van der Waals surface area contributed by atoms with Crippen molar-refractivity contribution in [3.63, 3.8) is 0 Å². The van der Waals surface area contributed by atoms with E-state index in [1.54, 1.807) is 12.1 Å². The number of sulfonamides is 2. The van der Waals surface area contributed by atoms with E-state index in [0.717, 1.165) is 96.6 Å². The van der Waals surface area contributed by atoms with E-state index < -0.39 is 26.0 Å². The number of hydrogen-bond donors (Lipinski definition) is 5. The zero-order valence-electron chi connectivity index (χ0n) is 44.1. The third-order valence-electron chi connectivity index (χ3n) is 15.1. The van der Waals surface area contributed by atoms with Crippen LogP contribution in [0, 0.1) is 0 Å². The van der Waals surface area contributed by atoms with Crippen LogP contribution in [0.2, 0.25) is 0 Å². The van der Waals surface area contributed by atoms with Crippen molar-refractivity contribution in [1.82, 2.24) is 29.7 Å². The first-order valence-corrected chi connectivity index (χ1v) is 30.4. The summed E-state index contributed by atoms with van der Waals surface area (Å²) >= 11 is 0. The average molecular weight is 1090 g/mol. The van der Waals surface area contributed by atoms with Crippen molar-refractivity contribution in [2.24, 2.45) is 0 Å². The monoisotopic (exact) mass is 1090 g/mol. The van der Waals surface area contributed by atoms with Crippen LogP contribution < -0.4 is 20.1 Å². The lowest BCUT2D eigenvalue weighted by Crippen LogP contribution is -2.22. The van der Waals surface area contributed by atoms with E-state index in [1.165, 1.54) is 87.3 Å². The number of rotatable bonds is 20. The molecule has 5 N–H and O–H groups in total. The van der Waals surface area contributed by atoms with Crippen molar-refractivity contribution in [1.29, 1.82) is 0 Å². The van der Waals surface area contributed by atoms with Gasteiger partial charge in [-0.05, 0) is 179 Å². The first-order valence-electron chi connectivity index (χ1n) is 27.3. The predicted octanol–water partition coefficient (Wildman–Crippen LogP) is 10.1. The van der Waals surface area contributed by atoms with Gasteiger partial charge in [0.15, 0.2) is 0 Å². The van der Waals surface area contributed by atoms with Crippen LogP contribution in [0.15, 0.2) is 139 Å². The molecule has 16 nitrogen and oxygen atoms in total. The second-order valence-corrected chi connectivity index (χ2v) is 24.1. The number of aromatic carboxylic acids is 1. The van der Waals surface area contributed by atoms with Crippen LogP contribution in [0.1, 0.15) is 107 Å². The molecule has 0 spiro atoms. The van der Waals surface area contributed by atoms with Gasteiger partial charge in [-0.3, -0.25) is 9.44 Å². The van der Waals surface area contributed by atoms with E-state index in [2.05, 4.69) is 76.2 Å². The minimum atomic E-state index is -3.87. The van der Waals surface area contributed by atoms with Gasteiger partial charge in [0.25, 0.3) is 10.0 Å². The number of anilines is 4. The minimum absolute atomic E-state index is 0.00478. The quantitative estimate of drug-likeness (QED) is 0.0450. The molecule has 406 valence electrons. The molecule has 78 heavy (non-hydrogen) atoms. The smallest absolute Gasteiger partial charge is 0.335 e. The number of nitrogens with zero attached hydrogens (tertiary/aromatic N) is 6. The Hall–Kier alpha value is -7.25. The Morgan fingerprint density at radius 1 is 0.590 bits per heavy atom. The lowest BCUT2D eigenvalue weighted by Gasteiger charge is -2.27. The van der Waals surface area contributed by atoms with E-state index in [1.807, 2.05) is 67.8 Å². The molecule has 2 unspecified atom stereocenters. The Kier molecular flexibility index (Phi) is 17.1. The third kappa shape index (κ3) is 13.2. The third-order valence-corrected chi connectivity index (χ3v) is 18.0. The van der Waals surface area contributed by atoms with E-state index in [9.17, 15) is 21.6 Å². The fourth-order valence-corrected chi connectivity index (χ4v) is 13.3. The molecule has 4 aliphatic rings. The first kappa shape index (κ1) is 54.1. The van der Waals surface area contributed by atoms with Crippen LogP contribution in [-0.2, 0) is 32.9 Å². The van der Waals surface area contributed by atoms with Crippen LogP contribution in [0.25, 0.3) is 22.5 Å². The standard InChI is InChI=1S/C32H33N5O4S.C28H35N5O2S/c38-31(39)23-10-14-26(15-11-23)42(40,41)36-25-12-8-22(9-13-25)29-20-24-21-34-32(33-16-5-19-37-17-3-4-18-37)35-30(24)28-7-2-1-6-27(28)29;1-2-18-36(34,35)32-23-12-10-21(11-13-23)26-19-22-20-30-28(29-14-7-17-33-15-5-6-16-33)31-27(22)25-9-4-3-8-24(25)26/h1-2,6-15,21,29,36H,3-5,16-20H2,(H,38,39)(H,33,34,35);3-4,8-13,20,26,32H,2,5-7,14-19H2,1H3,(H,29,30,31). The second-order valence-electron chi connectivity index (χ2n) is 20.6. The van der Waals surface area contributed by atoms with Crippen molar-refractivity contribution < 1.29 is 26.7 Å². The molecule has 0 amide bonds. The summed E-state index contributed by atoms with van der Waals surface area (Å²) in [5, 5.41) is 15.9. The lowest BCUT2D eigenvalue weighted by atomic mass is 9.78. The molecular weight excluding hydrogens is 1020 g/mol. The Bertz CT molecular complexity index is 3430. The number of carboxylic acid groups (broad SMARTS) is 1. The highest BCUT2D eigenvalue weighted by atomic mass is 32.2. The predicted molar refractivity (Wildman–Crippen MR) is 308 cm³/mol. The number of nitrogens with one attached hydrogen (secondary N) is 4. The molecule has 2 saturated heterocycles. The maximum atomic E-state index is 12.9. The number of hydrogen-bond acceptors (Lipinski definition) is 13. The molecule has 2 aliphatic heterocycles. The number of carbonyl (C=O) groups is 1. The van der Waals surface area contributed by atoms with E-state index in [0.29, 0.717) is 29.7 Å². The van der Waals surface area contributed by atoms with Gasteiger partial charge < -0.3 is 25.5 Å². The van der Waals surface area contributed by atoms with Gasteiger partial charge in [0.2, 0.25) is 21.9 Å². The van der Waals surface area contributed by atoms with Crippen LogP contribution in [-0.4, -0.2) is 116 Å². The molecule has 0 radical (unpaired) electrons. The highest BCUT2D eigenvalue weighted by molar-refractivity contribution is 7.93. The van der Waals surface area contributed by atoms with Gasteiger partial charge in [0.05, 0.1) is 27.6 Å². The summed E-state index contributed by atoms with van der Waals surface area (Å²) < 4.78 is 55.2. The van der Waals surface area contributed by atoms with E-state index in [4.69, 9.17) is 15.1 Å². The van der Waals surface area contributed by atoms with Crippen LogP contribution >= 0.6 is 0 Å². The average Bonchev–Trinajstić information content (AvgIpc) is 4.26. The number of aromatic nitrogens is 4. The zero-order valence-corrected chi connectivity index (χ0v) is 45.7. The fourth-order valence-electron chi connectivity index (χ4n) is 11.1. The van der Waals surface area contributed by atoms with Gasteiger partial charge in [-0.15, -0.1) is 0 Å². The molecule has 11 rings (SSSR count). The molecule has 5 aromatic carbocycles. The van der Waals surface area contributed by atoms with Gasteiger partial charge >= 0.3 is 5.97 Å². The molecule has 2 atom stereocenters. The zero-order chi connectivity index (χ0) is 54.1. The van der Waals surface area contributed by atoms with Gasteiger partial charge in [0, 0.05) is 59.8 Å². The van der Waals surface area contributed by atoms with Gasteiger partial charge in [-0.2, -0.15) is 0 Å². The van der Waals surface area contributed by atoms with Gasteiger partial charge in [0.1, 0.15) is 0 Å². The second kappa shape index (κ2) is 24.6. The molecule has 2 fully saturated rings. The summed E-state index contributed by atoms with van der Waals surface area (Å²) in [6.45, 7) is 10.7. The van der Waals surface area contributed by atoms with Crippen LogP contribution in [0.3, 0.4) is 0 Å². The largest absolute Gasteiger partial charge is 0.478 e. The topological polar surface area (TPSA) is 212 Å². The lowest BCUT2D eigenvalue weighted by molar-refractivity contribution is 0.0696. The van der Waals surface area contributed by atoms with E-state index in [-0.39, 0.29) is 28.0 Å². The normalized spacial score (nSPS) is 16.9. The molecule has 4 heterocycles. The molecule has 2 aliphatic carbocycles. The summed E-state index contributed by atoms with van der Waals surface area (Å²) in [5.41, 5.74) is 12.1. The first-order chi connectivity index (χ1) is 37.9. The van der Waals surface area contributed by atoms with E-state index >= 15 is 0 Å². The maximum absolute atomic E-state index is 12.9. The minimum Gasteiger partial charge on any atom is -0.478 e. The fraction of sp³-hybridized carbons (Fsp3) is 0.350. The highest BCUT2D eigenvalue weighted by Gasteiger charge is 2.30. The SMILES string of the molecule is CCCS(=O)(=O)Nc1ccc(C2Cc3cnc(NCCCN4CCCC4)nc3-c3ccccc32)cc1.O=C(O)c1ccc(S(=O)(=O)Nc2ccc(C3Cc4cnc(NCCCN5CCCC5)nc4-c4ccccc43)cc2)cc1. The Labute approximate surface area is 458 Å². The molecular formula is C60H68N10O6S2. The summed E-state index contributed by atoms with van der Waals surface area (Å²) in [7, 11) is -7.17. The van der Waals surface area contributed by atoms with Crippen LogP contribution in [0.5, 0.6) is 0 Å². The van der Waals surface area contributed by atoms with Crippen LogP contribution in [0.4, 0.5) is 23.3 Å². The molecule has 0 bridgehead atoms. The summed E-state index contributed by atoms with van der Waals surface area (Å²) in [6.07, 6.45) is 13.4. The number of fused-ring (bicyclic) bond motifs is 6. The summed E-state index contributed by atoms with van der Waals surface area (Å²) in [4.78, 5) is 35.2. The number of carboxylic acids is 1. The molecule has 0 saturated carbocycles.